The Morgan fingerprint density at radius 1 is 1.20 bits per heavy atom. The van der Waals surface area contributed by atoms with Crippen LogP contribution in [0.5, 0.6) is 11.5 Å². The van der Waals surface area contributed by atoms with E-state index in [2.05, 4.69) is 26.5 Å². The van der Waals surface area contributed by atoms with Gasteiger partial charge in [0.05, 0.1) is 18.9 Å². The number of nitrogens with zero attached hydrogens (tertiary/aromatic N) is 1. The second-order valence-corrected chi connectivity index (χ2v) is 5.72. The van der Waals surface area contributed by atoms with Gasteiger partial charge in [0.25, 0.3) is 5.91 Å². The number of halogens is 1. The van der Waals surface area contributed by atoms with Crippen LogP contribution in [0.15, 0.2) is 52.0 Å². The summed E-state index contributed by atoms with van der Waals surface area (Å²) in [6, 6.07) is 11.3. The first-order valence-corrected chi connectivity index (χ1v) is 7.90. The van der Waals surface area contributed by atoms with Crippen molar-refractivity contribution in [1.29, 1.82) is 0 Å². The molecule has 0 fully saturated rings. The Labute approximate surface area is 152 Å². The van der Waals surface area contributed by atoms with Gasteiger partial charge in [-0.15, -0.1) is 0 Å². The summed E-state index contributed by atoms with van der Waals surface area (Å²) < 4.78 is 11.4. The number of benzene rings is 2. The quantitative estimate of drug-likeness (QED) is 0.544. The van der Waals surface area contributed by atoms with Gasteiger partial charge in [-0.2, -0.15) is 5.10 Å². The summed E-state index contributed by atoms with van der Waals surface area (Å²) in [6.45, 7) is -0.229. The van der Waals surface area contributed by atoms with Gasteiger partial charge in [-0.3, -0.25) is 4.79 Å². The Hall–Kier alpha value is -2.87. The summed E-state index contributed by atoms with van der Waals surface area (Å²) >= 11 is 3.32. The first-order chi connectivity index (χ1) is 12.0. The highest BCUT2D eigenvalue weighted by atomic mass is 79.9. The van der Waals surface area contributed by atoms with E-state index in [9.17, 15) is 9.59 Å². The lowest BCUT2D eigenvalue weighted by Crippen LogP contribution is -2.24. The van der Waals surface area contributed by atoms with Gasteiger partial charge in [-0.05, 0) is 35.9 Å². The molecule has 2 rings (SSSR count). The van der Waals surface area contributed by atoms with Crippen molar-refractivity contribution < 1.29 is 24.2 Å². The van der Waals surface area contributed by atoms with Crippen LogP contribution in [0.2, 0.25) is 0 Å². The average Bonchev–Trinajstić information content (AvgIpc) is 2.61. The Morgan fingerprint density at radius 3 is 2.56 bits per heavy atom. The van der Waals surface area contributed by atoms with E-state index in [1.165, 1.54) is 25.5 Å². The predicted octanol–water partition coefficient (Wildman–Crippen LogP) is 2.68. The van der Waals surface area contributed by atoms with Gasteiger partial charge >= 0.3 is 5.97 Å². The molecule has 130 valence electrons. The molecule has 0 unspecified atom stereocenters. The standard InChI is InChI=1S/C17H15BrN2O5/c1-24-15-8-13(18)6-7-14(15)25-10-16(21)20-19-9-11-2-4-12(5-3-11)17(22)23/h2-9H,10H2,1H3,(H,20,21)(H,22,23)/b19-9-. The van der Waals surface area contributed by atoms with Gasteiger partial charge in [0, 0.05) is 4.47 Å². The van der Waals surface area contributed by atoms with Crippen LogP contribution in [0, 0.1) is 0 Å². The largest absolute Gasteiger partial charge is 0.493 e. The molecule has 0 saturated carbocycles. The van der Waals surface area contributed by atoms with E-state index in [-0.39, 0.29) is 12.2 Å². The van der Waals surface area contributed by atoms with E-state index in [0.717, 1.165) is 4.47 Å². The van der Waals surface area contributed by atoms with Crippen molar-refractivity contribution >= 4 is 34.0 Å². The van der Waals surface area contributed by atoms with Crippen molar-refractivity contribution in [1.82, 2.24) is 5.43 Å². The number of carbonyl (C=O) groups excluding carboxylic acids is 1. The SMILES string of the molecule is COc1cc(Br)ccc1OCC(=O)N/N=C\c1ccc(C(=O)O)cc1. The van der Waals surface area contributed by atoms with E-state index in [1.807, 2.05) is 0 Å². The van der Waals surface area contributed by atoms with Gasteiger partial charge in [-0.1, -0.05) is 28.1 Å². The number of ether oxygens (including phenoxy) is 2. The summed E-state index contributed by atoms with van der Waals surface area (Å²) in [4.78, 5) is 22.5. The van der Waals surface area contributed by atoms with Crippen LogP contribution >= 0.6 is 15.9 Å². The van der Waals surface area contributed by atoms with Crippen LogP contribution in [-0.2, 0) is 4.79 Å². The maximum Gasteiger partial charge on any atom is 0.335 e. The molecule has 0 saturated heterocycles. The first-order valence-electron chi connectivity index (χ1n) is 7.11. The van der Waals surface area contributed by atoms with Gasteiger partial charge in [-0.25, -0.2) is 10.2 Å². The number of amides is 1. The van der Waals surface area contributed by atoms with Crippen LogP contribution in [0.4, 0.5) is 0 Å². The zero-order chi connectivity index (χ0) is 18.2. The minimum Gasteiger partial charge on any atom is -0.493 e. The Morgan fingerprint density at radius 2 is 1.92 bits per heavy atom. The molecule has 7 nitrogen and oxygen atoms in total. The summed E-state index contributed by atoms with van der Waals surface area (Å²) in [6.07, 6.45) is 1.41. The zero-order valence-electron chi connectivity index (χ0n) is 13.2. The maximum atomic E-state index is 11.7. The van der Waals surface area contributed by atoms with Crippen LogP contribution in [0.3, 0.4) is 0 Å². The van der Waals surface area contributed by atoms with Gasteiger partial charge in [0.2, 0.25) is 0 Å². The number of hydrogen-bond acceptors (Lipinski definition) is 5. The maximum absolute atomic E-state index is 11.7. The predicted molar refractivity (Wildman–Crippen MR) is 95.3 cm³/mol. The van der Waals surface area contributed by atoms with Crippen molar-refractivity contribution in [3.05, 3.63) is 58.1 Å². The summed E-state index contributed by atoms with van der Waals surface area (Å²) in [7, 11) is 1.51. The fourth-order valence-electron chi connectivity index (χ4n) is 1.83. The minimum atomic E-state index is -1.00. The summed E-state index contributed by atoms with van der Waals surface area (Å²) in [5.74, 6) is -0.501. The molecule has 0 aliphatic heterocycles. The van der Waals surface area contributed by atoms with Crippen molar-refractivity contribution in [2.24, 2.45) is 5.10 Å². The Kier molecular flexibility index (Phi) is 6.53. The number of aromatic carboxylic acids is 1. The normalized spacial score (nSPS) is 10.5. The molecule has 2 aromatic carbocycles. The van der Waals surface area contributed by atoms with E-state index in [4.69, 9.17) is 14.6 Å². The molecule has 0 aliphatic carbocycles. The molecule has 2 aromatic rings. The number of nitrogens with one attached hydrogen (secondary N) is 1. The molecule has 0 spiro atoms. The molecule has 0 aliphatic rings. The Bertz CT molecular complexity index is 790. The highest BCUT2D eigenvalue weighted by Crippen LogP contribution is 2.29. The van der Waals surface area contributed by atoms with Crippen LogP contribution < -0.4 is 14.9 Å². The van der Waals surface area contributed by atoms with E-state index in [1.54, 1.807) is 30.3 Å². The van der Waals surface area contributed by atoms with Crippen LogP contribution in [0.25, 0.3) is 0 Å². The second kappa shape index (κ2) is 8.84. The third kappa shape index (κ3) is 5.61. The molecule has 0 radical (unpaired) electrons. The third-order valence-corrected chi connectivity index (χ3v) is 3.54. The van der Waals surface area contributed by atoms with Crippen molar-refractivity contribution in [3.63, 3.8) is 0 Å². The summed E-state index contributed by atoms with van der Waals surface area (Å²) in [5.41, 5.74) is 3.16. The monoisotopic (exact) mass is 406 g/mol. The molecule has 0 aromatic heterocycles. The molecule has 0 bridgehead atoms. The lowest BCUT2D eigenvalue weighted by molar-refractivity contribution is -0.123. The third-order valence-electron chi connectivity index (χ3n) is 3.04. The first kappa shape index (κ1) is 18.5. The lowest BCUT2D eigenvalue weighted by atomic mass is 10.1. The molecular weight excluding hydrogens is 392 g/mol. The van der Waals surface area contributed by atoms with Crippen molar-refractivity contribution in [2.75, 3.05) is 13.7 Å². The molecular formula is C17H15BrN2O5. The van der Waals surface area contributed by atoms with E-state index >= 15 is 0 Å². The number of methoxy groups -OCH3 is 1. The smallest absolute Gasteiger partial charge is 0.335 e. The topological polar surface area (TPSA) is 97.2 Å². The molecule has 0 atom stereocenters. The number of hydrogen-bond donors (Lipinski definition) is 2. The average molecular weight is 407 g/mol. The Balaban J connectivity index is 1.85. The lowest BCUT2D eigenvalue weighted by Gasteiger charge is -2.10. The number of carbonyl (C=O) groups is 2. The molecule has 8 heteroatoms. The van der Waals surface area contributed by atoms with Crippen molar-refractivity contribution in [2.45, 2.75) is 0 Å². The highest BCUT2D eigenvalue weighted by molar-refractivity contribution is 9.10. The fourth-order valence-corrected chi connectivity index (χ4v) is 2.17. The molecule has 0 heterocycles. The van der Waals surface area contributed by atoms with E-state index in [0.29, 0.717) is 17.1 Å². The number of rotatable bonds is 7. The number of carboxylic acid groups (broad SMARTS) is 1. The molecule has 2 N–H and O–H groups in total. The van der Waals surface area contributed by atoms with Crippen LogP contribution in [-0.4, -0.2) is 36.9 Å². The molecule has 25 heavy (non-hydrogen) atoms. The highest BCUT2D eigenvalue weighted by Gasteiger charge is 2.07. The van der Waals surface area contributed by atoms with Gasteiger partial charge in [0.15, 0.2) is 18.1 Å². The van der Waals surface area contributed by atoms with Gasteiger partial charge < -0.3 is 14.6 Å². The molecule has 1 amide bonds. The number of hydrazone groups is 1. The zero-order valence-corrected chi connectivity index (χ0v) is 14.8. The van der Waals surface area contributed by atoms with E-state index < -0.39 is 11.9 Å². The fraction of sp³-hybridized carbons (Fsp3) is 0.118. The van der Waals surface area contributed by atoms with Crippen LogP contribution in [0.1, 0.15) is 15.9 Å². The number of carboxylic acids is 1. The summed E-state index contributed by atoms with van der Waals surface area (Å²) in [5, 5.41) is 12.6. The van der Waals surface area contributed by atoms with Gasteiger partial charge in [0.1, 0.15) is 0 Å². The second-order valence-electron chi connectivity index (χ2n) is 4.80. The minimum absolute atomic E-state index is 0.179. The van der Waals surface area contributed by atoms with Crippen molar-refractivity contribution in [3.8, 4) is 11.5 Å².